The van der Waals surface area contributed by atoms with Crippen LogP contribution in [0.15, 0.2) is 27.5 Å². The highest BCUT2D eigenvalue weighted by atomic mass is 19.3. The van der Waals surface area contributed by atoms with Gasteiger partial charge in [-0.2, -0.15) is 4.98 Å². The molecular formula is C20H23F2N5O3. The number of carbonyl (C=O) groups is 1. The van der Waals surface area contributed by atoms with Crippen LogP contribution >= 0.6 is 0 Å². The van der Waals surface area contributed by atoms with Crippen LogP contribution in [-0.2, 0) is 11.2 Å². The molecule has 2 aromatic heterocycles. The maximum atomic E-state index is 13.8. The number of rotatable bonds is 3. The van der Waals surface area contributed by atoms with E-state index in [0.29, 0.717) is 37.8 Å². The molecule has 2 bridgehead atoms. The van der Waals surface area contributed by atoms with E-state index in [-0.39, 0.29) is 30.4 Å². The van der Waals surface area contributed by atoms with Crippen LogP contribution in [0.1, 0.15) is 43.3 Å². The van der Waals surface area contributed by atoms with Gasteiger partial charge in [-0.15, -0.1) is 0 Å². The van der Waals surface area contributed by atoms with Gasteiger partial charge in [0.1, 0.15) is 6.04 Å². The van der Waals surface area contributed by atoms with Gasteiger partial charge in [0, 0.05) is 56.1 Å². The smallest absolute Gasteiger partial charge is 0.267 e. The van der Waals surface area contributed by atoms with Crippen LogP contribution < -0.4 is 10.5 Å². The van der Waals surface area contributed by atoms with Gasteiger partial charge >= 0.3 is 0 Å². The van der Waals surface area contributed by atoms with E-state index in [0.717, 1.165) is 5.69 Å². The topological polar surface area (TPSA) is 84.5 Å². The Kier molecular flexibility index (Phi) is 4.41. The molecule has 2 fully saturated rings. The Morgan fingerprint density at radius 1 is 1.33 bits per heavy atom. The molecule has 2 aromatic rings. The quantitative estimate of drug-likeness (QED) is 0.755. The number of anilines is 1. The summed E-state index contributed by atoms with van der Waals surface area (Å²) in [6, 6.07) is 4.15. The number of carbonyl (C=O) groups excluding carboxylic acids is 1. The van der Waals surface area contributed by atoms with Crippen molar-refractivity contribution in [2.75, 3.05) is 31.1 Å². The van der Waals surface area contributed by atoms with E-state index in [1.165, 1.54) is 15.5 Å². The molecule has 2 saturated heterocycles. The Hall–Kier alpha value is -2.78. The third-order valence-corrected chi connectivity index (χ3v) is 6.42. The van der Waals surface area contributed by atoms with Gasteiger partial charge in [-0.25, -0.2) is 8.78 Å². The second kappa shape index (κ2) is 6.88. The zero-order valence-corrected chi connectivity index (χ0v) is 16.6. The van der Waals surface area contributed by atoms with E-state index in [1.807, 2.05) is 17.9 Å². The van der Waals surface area contributed by atoms with Crippen LogP contribution in [0.25, 0.3) is 0 Å². The highest BCUT2D eigenvalue weighted by molar-refractivity contribution is 5.82. The van der Waals surface area contributed by atoms with E-state index in [4.69, 9.17) is 4.52 Å². The van der Waals surface area contributed by atoms with Crippen molar-refractivity contribution in [1.82, 2.24) is 19.6 Å². The Balaban J connectivity index is 1.52. The number of aryl methyl sites for hydroxylation is 1. The molecule has 0 saturated carbocycles. The third kappa shape index (κ3) is 3.09. The van der Waals surface area contributed by atoms with Crippen molar-refractivity contribution in [1.29, 1.82) is 0 Å². The average molecular weight is 419 g/mol. The number of hydrogen-bond donors (Lipinski definition) is 0. The van der Waals surface area contributed by atoms with E-state index in [1.54, 1.807) is 6.07 Å². The Labute approximate surface area is 171 Å². The first-order valence-corrected chi connectivity index (χ1v) is 10.3. The number of pyridine rings is 1. The molecule has 30 heavy (non-hydrogen) atoms. The highest BCUT2D eigenvalue weighted by Gasteiger charge is 2.48. The van der Waals surface area contributed by atoms with E-state index in [9.17, 15) is 18.4 Å². The van der Waals surface area contributed by atoms with Crippen molar-refractivity contribution in [3.8, 4) is 0 Å². The van der Waals surface area contributed by atoms with Gasteiger partial charge in [0.05, 0.1) is 6.54 Å². The number of likely N-dealkylation sites (tertiary alicyclic amines) is 1. The second-order valence-corrected chi connectivity index (χ2v) is 8.41. The lowest BCUT2D eigenvalue weighted by atomic mass is 9.78. The minimum absolute atomic E-state index is 0.00378. The molecule has 0 spiro atoms. The molecule has 8 nitrogen and oxygen atoms in total. The van der Waals surface area contributed by atoms with Gasteiger partial charge in [-0.05, 0) is 17.6 Å². The number of alkyl halides is 2. The van der Waals surface area contributed by atoms with Gasteiger partial charge < -0.3 is 14.3 Å². The standard InChI is InChI=1S/C20H23F2N5O3/c1-2-15-23-19(24-30-15)26-9-12-8-13(10-26)17(27-14(12)4-3-5-16(27)28)18(29)25-7-6-20(21,22)11-25/h3-5,12-13,17H,2,6-11H2,1H3/t12-,13+,17+/m0/s1. The van der Waals surface area contributed by atoms with Crippen molar-refractivity contribution < 1.29 is 18.1 Å². The maximum absolute atomic E-state index is 13.8. The third-order valence-electron chi connectivity index (χ3n) is 6.42. The first-order valence-electron chi connectivity index (χ1n) is 10.3. The van der Waals surface area contributed by atoms with Gasteiger partial charge in [0.15, 0.2) is 0 Å². The van der Waals surface area contributed by atoms with Gasteiger partial charge in [0.2, 0.25) is 11.8 Å². The lowest BCUT2D eigenvalue weighted by molar-refractivity contribution is -0.137. The molecule has 0 N–H and O–H groups in total. The normalized spacial score (nSPS) is 27.2. The molecule has 0 radical (unpaired) electrons. The lowest BCUT2D eigenvalue weighted by Crippen LogP contribution is -2.54. The predicted molar refractivity (Wildman–Crippen MR) is 103 cm³/mol. The molecular weight excluding hydrogens is 396 g/mol. The first-order chi connectivity index (χ1) is 14.4. The first kappa shape index (κ1) is 19.2. The SMILES string of the molecule is CCc1nc(N2C[C@@H]3C[C@H](C2)[C@H](C(=O)N2CCC(F)(F)C2)n2c3cccc2=O)no1. The Morgan fingerprint density at radius 2 is 2.17 bits per heavy atom. The van der Waals surface area contributed by atoms with Crippen molar-refractivity contribution in [3.63, 3.8) is 0 Å². The molecule has 3 atom stereocenters. The number of fused-ring (bicyclic) bond motifs is 4. The number of aromatic nitrogens is 3. The molecule has 1 amide bonds. The van der Waals surface area contributed by atoms with Crippen LogP contribution in [-0.4, -0.2) is 57.6 Å². The zero-order valence-electron chi connectivity index (χ0n) is 16.6. The summed E-state index contributed by atoms with van der Waals surface area (Å²) < 4.78 is 34.3. The molecule has 10 heteroatoms. The highest BCUT2D eigenvalue weighted by Crippen LogP contribution is 2.43. The number of amides is 1. The molecule has 0 aliphatic carbocycles. The minimum atomic E-state index is -2.88. The summed E-state index contributed by atoms with van der Waals surface area (Å²) in [7, 11) is 0. The summed E-state index contributed by atoms with van der Waals surface area (Å²) in [6.45, 7) is 2.39. The fourth-order valence-electron chi connectivity index (χ4n) is 5.04. The summed E-state index contributed by atoms with van der Waals surface area (Å²) in [5.41, 5.74) is 0.486. The Morgan fingerprint density at radius 3 is 2.87 bits per heavy atom. The largest absolute Gasteiger partial charge is 0.337 e. The molecule has 5 rings (SSSR count). The van der Waals surface area contributed by atoms with Gasteiger partial charge in [-0.3, -0.25) is 14.2 Å². The molecule has 0 aromatic carbocycles. The summed E-state index contributed by atoms with van der Waals surface area (Å²) in [4.78, 5) is 33.7. The van der Waals surface area contributed by atoms with Crippen LogP contribution in [0.5, 0.6) is 0 Å². The average Bonchev–Trinajstić information content (AvgIpc) is 3.34. The van der Waals surface area contributed by atoms with Crippen LogP contribution in [0, 0.1) is 5.92 Å². The summed E-state index contributed by atoms with van der Waals surface area (Å²) in [5, 5.41) is 4.05. The maximum Gasteiger partial charge on any atom is 0.267 e. The predicted octanol–water partition coefficient (Wildman–Crippen LogP) is 1.83. The van der Waals surface area contributed by atoms with Gasteiger partial charge in [0.25, 0.3) is 17.4 Å². The number of halogens is 2. The number of piperidine rings is 1. The monoisotopic (exact) mass is 419 g/mol. The van der Waals surface area contributed by atoms with E-state index < -0.39 is 24.4 Å². The van der Waals surface area contributed by atoms with Crippen molar-refractivity contribution in [2.24, 2.45) is 5.92 Å². The van der Waals surface area contributed by atoms with E-state index >= 15 is 0 Å². The second-order valence-electron chi connectivity index (χ2n) is 8.41. The fourth-order valence-corrected chi connectivity index (χ4v) is 5.04. The fraction of sp³-hybridized carbons (Fsp3) is 0.600. The van der Waals surface area contributed by atoms with Crippen LogP contribution in [0.3, 0.4) is 0 Å². The molecule has 160 valence electrons. The molecule has 5 heterocycles. The van der Waals surface area contributed by atoms with Gasteiger partial charge in [-0.1, -0.05) is 13.0 Å². The molecule has 3 aliphatic rings. The van der Waals surface area contributed by atoms with Crippen LogP contribution in [0.2, 0.25) is 0 Å². The van der Waals surface area contributed by atoms with Crippen molar-refractivity contribution in [2.45, 2.75) is 44.1 Å². The molecule has 0 unspecified atom stereocenters. The summed E-state index contributed by atoms with van der Waals surface area (Å²) in [6.07, 6.45) is 0.985. The van der Waals surface area contributed by atoms with Crippen molar-refractivity contribution >= 4 is 11.9 Å². The van der Waals surface area contributed by atoms with Crippen LogP contribution in [0.4, 0.5) is 14.7 Å². The molecule has 3 aliphatic heterocycles. The lowest BCUT2D eigenvalue weighted by Gasteiger charge is -2.46. The van der Waals surface area contributed by atoms with Crippen molar-refractivity contribution in [3.05, 3.63) is 40.1 Å². The number of hydrogen-bond acceptors (Lipinski definition) is 6. The Bertz CT molecular complexity index is 1040. The summed E-state index contributed by atoms with van der Waals surface area (Å²) in [5.74, 6) is -2.48. The minimum Gasteiger partial charge on any atom is -0.337 e. The summed E-state index contributed by atoms with van der Waals surface area (Å²) >= 11 is 0. The number of nitrogens with zero attached hydrogens (tertiary/aromatic N) is 5. The zero-order chi connectivity index (χ0) is 21.0. The van der Waals surface area contributed by atoms with E-state index in [2.05, 4.69) is 10.1 Å².